The second-order valence-corrected chi connectivity index (χ2v) is 4.55. The standard InChI is InChI=1S/C10H13N3OS/c1-14-10-9(11-15-12-10)8-6-13-4-2-7(8)3-5-13/h6-7H,2-5H2,1H3. The molecule has 4 nitrogen and oxygen atoms in total. The molecule has 0 amide bonds. The Labute approximate surface area is 92.9 Å². The van der Waals surface area contributed by atoms with Crippen LogP contribution in [0.3, 0.4) is 0 Å². The fourth-order valence-electron chi connectivity index (χ4n) is 2.39. The van der Waals surface area contributed by atoms with Crippen LogP contribution in [-0.4, -0.2) is 33.8 Å². The summed E-state index contributed by atoms with van der Waals surface area (Å²) >= 11 is 1.23. The highest BCUT2D eigenvalue weighted by Gasteiger charge is 2.30. The van der Waals surface area contributed by atoms with Gasteiger partial charge in [0.25, 0.3) is 5.88 Å². The molecular weight excluding hydrogens is 210 g/mol. The van der Waals surface area contributed by atoms with Crippen molar-refractivity contribution in [1.82, 2.24) is 13.6 Å². The van der Waals surface area contributed by atoms with Crippen LogP contribution in [0.15, 0.2) is 6.20 Å². The number of hydrogen-bond acceptors (Lipinski definition) is 5. The van der Waals surface area contributed by atoms with Gasteiger partial charge in [0.1, 0.15) is 5.69 Å². The molecule has 80 valence electrons. The van der Waals surface area contributed by atoms with Crippen molar-refractivity contribution in [2.45, 2.75) is 12.8 Å². The van der Waals surface area contributed by atoms with Crippen LogP contribution in [0.25, 0.3) is 5.57 Å². The van der Waals surface area contributed by atoms with E-state index < -0.39 is 0 Å². The summed E-state index contributed by atoms with van der Waals surface area (Å²) in [6.07, 6.45) is 4.72. The van der Waals surface area contributed by atoms with E-state index in [1.54, 1.807) is 7.11 Å². The molecule has 1 aromatic heterocycles. The molecule has 0 atom stereocenters. The van der Waals surface area contributed by atoms with Crippen LogP contribution in [0.1, 0.15) is 18.5 Å². The number of piperidine rings is 1. The van der Waals surface area contributed by atoms with E-state index >= 15 is 0 Å². The smallest absolute Gasteiger partial charge is 0.253 e. The van der Waals surface area contributed by atoms with Gasteiger partial charge >= 0.3 is 0 Å². The summed E-state index contributed by atoms with van der Waals surface area (Å²) in [5.41, 5.74) is 2.27. The van der Waals surface area contributed by atoms with Crippen LogP contribution in [0.2, 0.25) is 0 Å². The minimum absolute atomic E-state index is 0.660. The Morgan fingerprint density at radius 3 is 2.80 bits per heavy atom. The summed E-state index contributed by atoms with van der Waals surface area (Å²) in [6, 6.07) is 0. The third kappa shape index (κ3) is 1.42. The number of rotatable bonds is 2. The number of allylic oxidation sites excluding steroid dienone is 1. The van der Waals surface area contributed by atoms with Crippen molar-refractivity contribution in [1.29, 1.82) is 0 Å². The first kappa shape index (κ1) is 9.15. The van der Waals surface area contributed by atoms with Gasteiger partial charge in [-0.05, 0) is 18.8 Å². The molecule has 15 heavy (non-hydrogen) atoms. The molecule has 0 radical (unpaired) electrons. The average Bonchev–Trinajstić information content (AvgIpc) is 2.78. The zero-order chi connectivity index (χ0) is 10.3. The minimum atomic E-state index is 0.660. The molecule has 0 saturated carbocycles. The van der Waals surface area contributed by atoms with Gasteiger partial charge in [-0.3, -0.25) is 0 Å². The van der Waals surface area contributed by atoms with Crippen molar-refractivity contribution >= 4 is 17.3 Å². The minimum Gasteiger partial charge on any atom is -0.479 e. The SMILES string of the molecule is COc1nsnc1C1=CN2CCC1CC2. The molecule has 1 fully saturated rings. The maximum absolute atomic E-state index is 5.22. The number of hydrogen-bond donors (Lipinski definition) is 0. The van der Waals surface area contributed by atoms with Crippen LogP contribution < -0.4 is 4.74 Å². The lowest BCUT2D eigenvalue weighted by Gasteiger charge is -2.38. The molecule has 2 bridgehead atoms. The highest BCUT2D eigenvalue weighted by Crippen LogP contribution is 2.39. The molecular formula is C10H13N3OS. The van der Waals surface area contributed by atoms with Gasteiger partial charge in [-0.15, -0.1) is 4.37 Å². The number of nitrogens with zero attached hydrogens (tertiary/aromatic N) is 3. The van der Waals surface area contributed by atoms with Crippen LogP contribution in [-0.2, 0) is 0 Å². The fraction of sp³-hybridized carbons (Fsp3) is 0.600. The maximum Gasteiger partial charge on any atom is 0.253 e. The Kier molecular flexibility index (Phi) is 2.12. The number of methoxy groups -OCH3 is 1. The van der Waals surface area contributed by atoms with E-state index in [9.17, 15) is 0 Å². The number of fused-ring (bicyclic) bond motifs is 2. The monoisotopic (exact) mass is 223 g/mol. The van der Waals surface area contributed by atoms with Gasteiger partial charge in [0.15, 0.2) is 0 Å². The van der Waals surface area contributed by atoms with Gasteiger partial charge in [0.2, 0.25) is 0 Å². The topological polar surface area (TPSA) is 38.3 Å². The van der Waals surface area contributed by atoms with Gasteiger partial charge in [-0.2, -0.15) is 4.37 Å². The third-order valence-corrected chi connectivity index (χ3v) is 3.73. The van der Waals surface area contributed by atoms with E-state index in [4.69, 9.17) is 4.74 Å². The summed E-state index contributed by atoms with van der Waals surface area (Å²) in [4.78, 5) is 2.37. The van der Waals surface area contributed by atoms with Crippen molar-refractivity contribution in [2.24, 2.45) is 5.92 Å². The Morgan fingerprint density at radius 1 is 1.40 bits per heavy atom. The average molecular weight is 223 g/mol. The third-order valence-electron chi connectivity index (χ3n) is 3.22. The molecule has 0 spiro atoms. The molecule has 3 aliphatic rings. The van der Waals surface area contributed by atoms with E-state index in [0.29, 0.717) is 11.8 Å². The van der Waals surface area contributed by atoms with Crippen molar-refractivity contribution < 1.29 is 4.74 Å². The zero-order valence-electron chi connectivity index (χ0n) is 8.64. The summed E-state index contributed by atoms with van der Waals surface area (Å²) in [5.74, 6) is 1.34. The quantitative estimate of drug-likeness (QED) is 0.763. The fourth-order valence-corrected chi connectivity index (χ4v) is 2.93. The van der Waals surface area contributed by atoms with Crippen molar-refractivity contribution in [3.05, 3.63) is 11.9 Å². The molecule has 4 heterocycles. The van der Waals surface area contributed by atoms with Gasteiger partial charge < -0.3 is 9.64 Å². The number of ether oxygens (including phenoxy) is 1. The highest BCUT2D eigenvalue weighted by molar-refractivity contribution is 6.99. The van der Waals surface area contributed by atoms with Crippen molar-refractivity contribution in [2.75, 3.05) is 20.2 Å². The molecule has 1 aromatic rings. The van der Waals surface area contributed by atoms with Gasteiger partial charge in [0.05, 0.1) is 18.8 Å². The normalized spacial score (nSPS) is 20.6. The van der Waals surface area contributed by atoms with Crippen LogP contribution in [0.5, 0.6) is 5.88 Å². The molecule has 4 rings (SSSR count). The summed E-state index contributed by atoms with van der Waals surface area (Å²) in [7, 11) is 1.65. The largest absolute Gasteiger partial charge is 0.479 e. The molecule has 1 saturated heterocycles. The zero-order valence-corrected chi connectivity index (χ0v) is 9.46. The summed E-state index contributed by atoms with van der Waals surface area (Å²) in [6.45, 7) is 2.38. The Morgan fingerprint density at radius 2 is 2.20 bits per heavy atom. The van der Waals surface area contributed by atoms with Crippen LogP contribution in [0, 0.1) is 5.92 Å². The maximum atomic E-state index is 5.22. The first-order chi connectivity index (χ1) is 7.38. The van der Waals surface area contributed by atoms with E-state index in [-0.39, 0.29) is 0 Å². The van der Waals surface area contributed by atoms with Gasteiger partial charge in [-0.25, -0.2) is 0 Å². The van der Waals surface area contributed by atoms with Crippen molar-refractivity contribution in [3.63, 3.8) is 0 Å². The highest BCUT2D eigenvalue weighted by atomic mass is 32.1. The Balaban J connectivity index is 2.00. The van der Waals surface area contributed by atoms with E-state index in [1.807, 2.05) is 0 Å². The second kappa shape index (κ2) is 3.48. The van der Waals surface area contributed by atoms with Crippen LogP contribution >= 0.6 is 11.7 Å². The molecule has 0 aliphatic carbocycles. The second-order valence-electron chi connectivity index (χ2n) is 4.02. The van der Waals surface area contributed by atoms with Crippen molar-refractivity contribution in [3.8, 4) is 5.88 Å². The number of aromatic nitrogens is 2. The lowest BCUT2D eigenvalue weighted by molar-refractivity contribution is 0.251. The van der Waals surface area contributed by atoms with E-state index in [2.05, 4.69) is 19.8 Å². The van der Waals surface area contributed by atoms with E-state index in [1.165, 1.54) is 43.2 Å². The van der Waals surface area contributed by atoms with Gasteiger partial charge in [-0.1, -0.05) is 0 Å². The first-order valence-electron chi connectivity index (χ1n) is 5.21. The lowest BCUT2D eigenvalue weighted by Crippen LogP contribution is -2.35. The summed E-state index contributed by atoms with van der Waals surface area (Å²) < 4.78 is 13.7. The molecule has 0 N–H and O–H groups in total. The van der Waals surface area contributed by atoms with Gasteiger partial charge in [0, 0.05) is 24.9 Å². The Hall–Kier alpha value is -1.10. The predicted molar refractivity (Wildman–Crippen MR) is 58.7 cm³/mol. The molecule has 0 aromatic carbocycles. The lowest BCUT2D eigenvalue weighted by atomic mass is 9.84. The first-order valence-corrected chi connectivity index (χ1v) is 5.94. The predicted octanol–water partition coefficient (Wildman–Crippen LogP) is 1.61. The van der Waals surface area contributed by atoms with Crippen LogP contribution in [0.4, 0.5) is 0 Å². The molecule has 5 heteroatoms. The molecule has 0 unspecified atom stereocenters. The van der Waals surface area contributed by atoms with E-state index in [0.717, 1.165) is 5.69 Å². The summed E-state index contributed by atoms with van der Waals surface area (Å²) in [5, 5.41) is 0. The molecule has 3 aliphatic heterocycles. The Bertz CT molecular complexity index is 393.